The Labute approximate surface area is 132 Å². The van der Waals surface area contributed by atoms with E-state index in [2.05, 4.69) is 54.6 Å². The lowest BCUT2D eigenvalue weighted by Gasteiger charge is -2.42. The van der Waals surface area contributed by atoms with E-state index >= 15 is 0 Å². The summed E-state index contributed by atoms with van der Waals surface area (Å²) in [5.41, 5.74) is 8.28. The van der Waals surface area contributed by atoms with Crippen molar-refractivity contribution >= 4 is 0 Å². The number of allylic oxidation sites excluding steroid dienone is 2. The van der Waals surface area contributed by atoms with Crippen LogP contribution in [0.15, 0.2) is 60.2 Å². The van der Waals surface area contributed by atoms with Crippen molar-refractivity contribution in [2.75, 3.05) is 0 Å². The monoisotopic (exact) mass is 286 g/mol. The van der Waals surface area contributed by atoms with E-state index in [0.29, 0.717) is 5.41 Å². The second-order valence-electron chi connectivity index (χ2n) is 7.42. The molecule has 0 saturated heterocycles. The van der Waals surface area contributed by atoms with Crippen LogP contribution in [0.25, 0.3) is 11.1 Å². The summed E-state index contributed by atoms with van der Waals surface area (Å²) >= 11 is 0. The minimum Gasteiger partial charge on any atom is -0.0850 e. The molecule has 5 rings (SSSR count). The van der Waals surface area contributed by atoms with Crippen LogP contribution in [0.2, 0.25) is 0 Å². The molecule has 0 amide bonds. The first kappa shape index (κ1) is 12.7. The van der Waals surface area contributed by atoms with Gasteiger partial charge in [-0.2, -0.15) is 0 Å². The Morgan fingerprint density at radius 2 is 1.86 bits per heavy atom. The van der Waals surface area contributed by atoms with Crippen molar-refractivity contribution < 1.29 is 0 Å². The van der Waals surface area contributed by atoms with E-state index in [4.69, 9.17) is 0 Å². The zero-order valence-electron chi connectivity index (χ0n) is 13.0. The molecule has 2 unspecified atom stereocenters. The fourth-order valence-corrected chi connectivity index (χ4v) is 5.31. The van der Waals surface area contributed by atoms with Crippen LogP contribution in [0.5, 0.6) is 0 Å². The van der Waals surface area contributed by atoms with Crippen molar-refractivity contribution in [1.82, 2.24) is 0 Å². The lowest BCUT2D eigenvalue weighted by molar-refractivity contribution is 0.270. The van der Waals surface area contributed by atoms with Crippen molar-refractivity contribution in [3.63, 3.8) is 0 Å². The standard InChI is InChI=1S/C22H22/c1-2-5-17(6-3-1)19-10-9-18-7-4-12-22(21(18)14-19)15-16-8-11-20(22)13-16/h1-3,5-6,8-10,14,20H,4,7,11-13,15H2. The van der Waals surface area contributed by atoms with E-state index in [1.165, 1.54) is 49.7 Å². The summed E-state index contributed by atoms with van der Waals surface area (Å²) < 4.78 is 0. The van der Waals surface area contributed by atoms with Gasteiger partial charge in [0.15, 0.2) is 0 Å². The van der Waals surface area contributed by atoms with Crippen molar-refractivity contribution in [3.05, 3.63) is 71.3 Å². The predicted molar refractivity (Wildman–Crippen MR) is 91.9 cm³/mol. The Morgan fingerprint density at radius 3 is 2.64 bits per heavy atom. The van der Waals surface area contributed by atoms with Gasteiger partial charge in [-0.3, -0.25) is 0 Å². The molecule has 0 radical (unpaired) electrons. The molecule has 2 aromatic rings. The Balaban J connectivity index is 1.66. The quantitative estimate of drug-likeness (QED) is 0.593. The molecule has 3 aliphatic rings. The molecule has 0 heterocycles. The average molecular weight is 286 g/mol. The van der Waals surface area contributed by atoms with E-state index in [1.807, 2.05) is 0 Å². The molecule has 0 nitrogen and oxygen atoms in total. The Bertz CT molecular complexity index is 753. The van der Waals surface area contributed by atoms with E-state index < -0.39 is 0 Å². The number of benzene rings is 2. The van der Waals surface area contributed by atoms with Gasteiger partial charge in [0.2, 0.25) is 0 Å². The van der Waals surface area contributed by atoms with Crippen LogP contribution in [-0.2, 0) is 11.8 Å². The Kier molecular flexibility index (Phi) is 2.65. The van der Waals surface area contributed by atoms with Gasteiger partial charge >= 0.3 is 0 Å². The third-order valence-corrected chi connectivity index (χ3v) is 6.35. The van der Waals surface area contributed by atoms with Crippen LogP contribution in [0.4, 0.5) is 0 Å². The fourth-order valence-electron chi connectivity index (χ4n) is 5.31. The first-order valence-electron chi connectivity index (χ1n) is 8.72. The van der Waals surface area contributed by atoms with E-state index in [-0.39, 0.29) is 0 Å². The lowest BCUT2D eigenvalue weighted by atomic mass is 9.62. The second-order valence-corrected chi connectivity index (χ2v) is 7.42. The molecule has 0 N–H and O–H groups in total. The van der Waals surface area contributed by atoms with Crippen LogP contribution < -0.4 is 0 Å². The van der Waals surface area contributed by atoms with Crippen LogP contribution in [0.3, 0.4) is 0 Å². The molecule has 0 aliphatic heterocycles. The van der Waals surface area contributed by atoms with Gasteiger partial charge in [0, 0.05) is 5.41 Å². The molecule has 1 saturated carbocycles. The number of fused-ring (bicyclic) bond motifs is 5. The summed E-state index contributed by atoms with van der Waals surface area (Å²) in [6.07, 6.45) is 10.6. The molecule has 22 heavy (non-hydrogen) atoms. The van der Waals surface area contributed by atoms with Crippen molar-refractivity contribution in [2.45, 2.75) is 43.9 Å². The topological polar surface area (TPSA) is 0 Å². The van der Waals surface area contributed by atoms with Crippen LogP contribution >= 0.6 is 0 Å². The summed E-state index contributed by atoms with van der Waals surface area (Å²) in [7, 11) is 0. The highest BCUT2D eigenvalue weighted by Gasteiger charge is 2.49. The van der Waals surface area contributed by atoms with Gasteiger partial charge in [0.25, 0.3) is 0 Å². The molecule has 110 valence electrons. The largest absolute Gasteiger partial charge is 0.0850 e. The smallest absolute Gasteiger partial charge is 0.00274 e. The van der Waals surface area contributed by atoms with Gasteiger partial charge in [-0.05, 0) is 66.7 Å². The molecular weight excluding hydrogens is 264 g/mol. The summed E-state index contributed by atoms with van der Waals surface area (Å²) in [4.78, 5) is 0. The van der Waals surface area contributed by atoms with Gasteiger partial charge in [-0.25, -0.2) is 0 Å². The zero-order valence-corrected chi connectivity index (χ0v) is 13.0. The molecule has 2 aromatic carbocycles. The second kappa shape index (κ2) is 4.59. The molecule has 2 atom stereocenters. The van der Waals surface area contributed by atoms with Crippen LogP contribution in [0.1, 0.15) is 43.2 Å². The maximum Gasteiger partial charge on any atom is 0.00274 e. The van der Waals surface area contributed by atoms with Crippen molar-refractivity contribution in [1.29, 1.82) is 0 Å². The van der Waals surface area contributed by atoms with E-state index in [1.54, 1.807) is 16.7 Å². The van der Waals surface area contributed by atoms with Crippen molar-refractivity contribution in [3.8, 4) is 11.1 Å². The molecule has 2 bridgehead atoms. The first-order valence-corrected chi connectivity index (χ1v) is 8.72. The van der Waals surface area contributed by atoms with E-state index in [9.17, 15) is 0 Å². The molecule has 1 fully saturated rings. The first-order chi connectivity index (χ1) is 10.9. The highest BCUT2D eigenvalue weighted by atomic mass is 14.5. The van der Waals surface area contributed by atoms with Gasteiger partial charge in [0.05, 0.1) is 0 Å². The van der Waals surface area contributed by atoms with Gasteiger partial charge in [-0.15, -0.1) is 0 Å². The number of aryl methyl sites for hydroxylation is 1. The number of rotatable bonds is 1. The average Bonchev–Trinajstić information content (AvgIpc) is 3.17. The van der Waals surface area contributed by atoms with Gasteiger partial charge in [0.1, 0.15) is 0 Å². The third kappa shape index (κ3) is 1.70. The molecule has 3 aliphatic carbocycles. The maximum absolute atomic E-state index is 2.53. The summed E-state index contributed by atoms with van der Waals surface area (Å²) in [6.45, 7) is 0. The summed E-state index contributed by atoms with van der Waals surface area (Å²) in [5.74, 6) is 0.882. The fraction of sp³-hybridized carbons (Fsp3) is 0.364. The minimum absolute atomic E-state index is 0.475. The van der Waals surface area contributed by atoms with Gasteiger partial charge < -0.3 is 0 Å². The van der Waals surface area contributed by atoms with Crippen LogP contribution in [0, 0.1) is 5.92 Å². The van der Waals surface area contributed by atoms with Crippen LogP contribution in [-0.4, -0.2) is 0 Å². The SMILES string of the molecule is C1=C2CC(C1)C1(CCCc3ccc(-c4ccccc4)cc31)C2. The molecule has 1 spiro atoms. The minimum atomic E-state index is 0.475. The summed E-state index contributed by atoms with van der Waals surface area (Å²) in [6, 6.07) is 18.1. The van der Waals surface area contributed by atoms with E-state index in [0.717, 1.165) is 5.92 Å². The third-order valence-electron chi connectivity index (χ3n) is 6.35. The molecule has 0 aromatic heterocycles. The number of hydrogen-bond donors (Lipinski definition) is 0. The Hall–Kier alpha value is -1.82. The molecular formula is C22H22. The highest BCUT2D eigenvalue weighted by Crippen LogP contribution is 2.58. The lowest BCUT2D eigenvalue weighted by Crippen LogP contribution is -2.35. The highest BCUT2D eigenvalue weighted by molar-refractivity contribution is 5.66. The molecule has 0 heteroatoms. The maximum atomic E-state index is 2.53. The predicted octanol–water partition coefficient (Wildman–Crippen LogP) is 5.67. The zero-order chi connectivity index (χ0) is 14.6. The number of hydrogen-bond acceptors (Lipinski definition) is 0. The Morgan fingerprint density at radius 1 is 0.955 bits per heavy atom. The normalized spacial score (nSPS) is 28.7. The summed E-state index contributed by atoms with van der Waals surface area (Å²) in [5, 5.41) is 0. The van der Waals surface area contributed by atoms with Crippen molar-refractivity contribution in [2.24, 2.45) is 5.92 Å². The van der Waals surface area contributed by atoms with Gasteiger partial charge in [-0.1, -0.05) is 60.2 Å².